The van der Waals surface area contributed by atoms with Gasteiger partial charge in [-0.3, -0.25) is 14.3 Å². The summed E-state index contributed by atoms with van der Waals surface area (Å²) >= 11 is 5.66. The summed E-state index contributed by atoms with van der Waals surface area (Å²) in [6.07, 6.45) is 2.49. The minimum absolute atomic E-state index is 0.107. The van der Waals surface area contributed by atoms with Crippen LogP contribution in [-0.4, -0.2) is 51.3 Å². The summed E-state index contributed by atoms with van der Waals surface area (Å²) in [4.78, 5) is 25.7. The van der Waals surface area contributed by atoms with E-state index in [0.717, 1.165) is 50.6 Å². The molecule has 1 aliphatic heterocycles. The summed E-state index contributed by atoms with van der Waals surface area (Å²) in [7, 11) is -3.96. The highest BCUT2D eigenvalue weighted by atomic mass is 35.5. The second kappa shape index (κ2) is 11.0. The summed E-state index contributed by atoms with van der Waals surface area (Å²) in [5.74, 6) is -1.36. The van der Waals surface area contributed by atoms with Gasteiger partial charge in [-0.2, -0.15) is 0 Å². The molecule has 33 heavy (non-hydrogen) atoms. The molecule has 1 atom stereocenters. The number of likely N-dealkylation sites (tertiary alicyclic amines) is 1. The predicted molar refractivity (Wildman–Crippen MR) is 124 cm³/mol. The molecule has 0 radical (unpaired) electrons. The van der Waals surface area contributed by atoms with E-state index in [9.17, 15) is 22.4 Å². The van der Waals surface area contributed by atoms with Crippen LogP contribution in [0.3, 0.4) is 0 Å². The lowest BCUT2D eigenvalue weighted by atomic mass is 9.97. The monoisotopic (exact) mass is 496 g/mol. The van der Waals surface area contributed by atoms with E-state index in [-0.39, 0.29) is 33.3 Å². The predicted octanol–water partition coefficient (Wildman–Crippen LogP) is 2.60. The Bertz CT molecular complexity index is 1110. The number of carbonyl (C=O) groups is 2. The van der Waals surface area contributed by atoms with Crippen LogP contribution in [0.25, 0.3) is 0 Å². The second-order valence-corrected chi connectivity index (χ2v) is 10.00. The number of nitrogens with zero attached hydrogens (tertiary/aromatic N) is 1. The molecule has 1 fully saturated rings. The van der Waals surface area contributed by atoms with Gasteiger partial charge < -0.3 is 16.0 Å². The molecular formula is C22H26ClFN4O4S. The average molecular weight is 497 g/mol. The van der Waals surface area contributed by atoms with Gasteiger partial charge in [0, 0.05) is 24.3 Å². The van der Waals surface area contributed by atoms with Crippen LogP contribution in [0.15, 0.2) is 47.4 Å². The van der Waals surface area contributed by atoms with Crippen LogP contribution in [0.5, 0.6) is 0 Å². The zero-order chi connectivity index (χ0) is 24.0. The molecular weight excluding hydrogens is 471 g/mol. The number of amides is 2. The lowest BCUT2D eigenvalue weighted by Gasteiger charge is -2.31. The van der Waals surface area contributed by atoms with Gasteiger partial charge >= 0.3 is 0 Å². The molecule has 2 aromatic carbocycles. The highest BCUT2D eigenvalue weighted by molar-refractivity contribution is 7.92. The molecule has 1 aliphatic rings. The summed E-state index contributed by atoms with van der Waals surface area (Å²) in [6, 6.07) is 9.07. The highest BCUT2D eigenvalue weighted by Crippen LogP contribution is 2.22. The highest BCUT2D eigenvalue weighted by Gasteiger charge is 2.23. The summed E-state index contributed by atoms with van der Waals surface area (Å²) < 4.78 is 40.5. The van der Waals surface area contributed by atoms with Crippen LogP contribution in [0.1, 0.15) is 29.6 Å². The van der Waals surface area contributed by atoms with Gasteiger partial charge in [0.2, 0.25) is 5.91 Å². The number of benzene rings is 2. The zero-order valence-electron chi connectivity index (χ0n) is 17.9. The minimum atomic E-state index is -3.96. The van der Waals surface area contributed by atoms with Crippen molar-refractivity contribution in [3.05, 3.63) is 58.9 Å². The molecule has 8 nitrogen and oxygen atoms in total. The van der Waals surface area contributed by atoms with E-state index >= 15 is 0 Å². The molecule has 0 aliphatic carbocycles. The van der Waals surface area contributed by atoms with Crippen molar-refractivity contribution in [1.82, 2.24) is 10.2 Å². The minimum Gasteiger partial charge on any atom is -0.369 e. The average Bonchev–Trinajstić information content (AvgIpc) is 2.78. The van der Waals surface area contributed by atoms with Crippen LogP contribution in [0.4, 0.5) is 10.1 Å². The number of piperidine rings is 1. The Morgan fingerprint density at radius 1 is 1.18 bits per heavy atom. The third-order valence-electron chi connectivity index (χ3n) is 5.45. The number of anilines is 1. The van der Waals surface area contributed by atoms with Gasteiger partial charge in [0.05, 0.1) is 15.8 Å². The lowest BCUT2D eigenvalue weighted by molar-refractivity contribution is -0.123. The summed E-state index contributed by atoms with van der Waals surface area (Å²) in [6.45, 7) is 2.80. The second-order valence-electron chi connectivity index (χ2n) is 7.91. The van der Waals surface area contributed by atoms with E-state index in [1.165, 1.54) is 24.3 Å². The first kappa shape index (κ1) is 24.9. The molecule has 0 aromatic heterocycles. The number of primary amides is 1. The number of nitrogens with one attached hydrogen (secondary N) is 2. The van der Waals surface area contributed by atoms with Crippen molar-refractivity contribution in [2.24, 2.45) is 11.7 Å². The third kappa shape index (κ3) is 6.89. The van der Waals surface area contributed by atoms with Gasteiger partial charge in [0.25, 0.3) is 15.9 Å². The van der Waals surface area contributed by atoms with E-state index < -0.39 is 15.8 Å². The van der Waals surface area contributed by atoms with Gasteiger partial charge in [-0.15, -0.1) is 0 Å². The van der Waals surface area contributed by atoms with Gasteiger partial charge in [-0.1, -0.05) is 11.6 Å². The summed E-state index contributed by atoms with van der Waals surface area (Å²) in [5, 5.41) is 2.54. The Hall–Kier alpha value is -2.69. The Morgan fingerprint density at radius 3 is 2.58 bits per heavy atom. The molecule has 3 rings (SSSR count). The Balaban J connectivity index is 1.47. The van der Waals surface area contributed by atoms with Crippen LogP contribution < -0.4 is 15.8 Å². The van der Waals surface area contributed by atoms with Crippen molar-refractivity contribution < 1.29 is 22.4 Å². The molecule has 0 saturated carbocycles. The van der Waals surface area contributed by atoms with Gasteiger partial charge in [0.15, 0.2) is 0 Å². The SMILES string of the molecule is NC(=O)C1CCCN(CCCNC(=O)c2ccc(NS(=O)(=O)c3ccc(F)c(Cl)c3)cc2)C1. The number of rotatable bonds is 9. The van der Waals surface area contributed by atoms with Crippen molar-refractivity contribution in [2.45, 2.75) is 24.2 Å². The Morgan fingerprint density at radius 2 is 1.91 bits per heavy atom. The molecule has 178 valence electrons. The summed E-state index contributed by atoms with van der Waals surface area (Å²) in [5.41, 5.74) is 6.03. The normalized spacial score (nSPS) is 16.8. The first-order valence-corrected chi connectivity index (χ1v) is 12.4. The number of hydrogen-bond donors (Lipinski definition) is 3. The Kier molecular flexibility index (Phi) is 8.28. The quantitative estimate of drug-likeness (QED) is 0.461. The van der Waals surface area contributed by atoms with Crippen molar-refractivity contribution in [2.75, 3.05) is 30.9 Å². The van der Waals surface area contributed by atoms with E-state index in [2.05, 4.69) is 14.9 Å². The van der Waals surface area contributed by atoms with Crippen LogP contribution in [-0.2, 0) is 14.8 Å². The smallest absolute Gasteiger partial charge is 0.261 e. The van der Waals surface area contributed by atoms with E-state index in [1.54, 1.807) is 0 Å². The van der Waals surface area contributed by atoms with E-state index in [0.29, 0.717) is 18.7 Å². The van der Waals surface area contributed by atoms with E-state index in [1.807, 2.05) is 0 Å². The Labute approximate surface area is 197 Å². The van der Waals surface area contributed by atoms with Gasteiger partial charge in [-0.05, 0) is 74.8 Å². The van der Waals surface area contributed by atoms with Crippen LogP contribution in [0, 0.1) is 11.7 Å². The number of nitrogens with two attached hydrogens (primary N) is 1. The maximum atomic E-state index is 13.3. The van der Waals surface area contributed by atoms with Crippen LogP contribution in [0.2, 0.25) is 5.02 Å². The largest absolute Gasteiger partial charge is 0.369 e. The zero-order valence-corrected chi connectivity index (χ0v) is 19.5. The molecule has 2 amide bonds. The lowest BCUT2D eigenvalue weighted by Crippen LogP contribution is -2.42. The molecule has 0 bridgehead atoms. The molecule has 0 spiro atoms. The fourth-order valence-corrected chi connectivity index (χ4v) is 4.97. The van der Waals surface area contributed by atoms with Gasteiger partial charge in [-0.25, -0.2) is 12.8 Å². The molecule has 11 heteroatoms. The maximum Gasteiger partial charge on any atom is 0.261 e. The first-order valence-electron chi connectivity index (χ1n) is 10.5. The third-order valence-corrected chi connectivity index (χ3v) is 7.11. The molecule has 1 saturated heterocycles. The van der Waals surface area contributed by atoms with E-state index in [4.69, 9.17) is 17.3 Å². The molecule has 2 aromatic rings. The van der Waals surface area contributed by atoms with Crippen molar-refractivity contribution >= 4 is 39.1 Å². The van der Waals surface area contributed by atoms with Crippen LogP contribution >= 0.6 is 11.6 Å². The van der Waals surface area contributed by atoms with Gasteiger partial charge in [0.1, 0.15) is 5.82 Å². The van der Waals surface area contributed by atoms with Crippen molar-refractivity contribution in [3.63, 3.8) is 0 Å². The number of sulfonamides is 1. The standard InChI is InChI=1S/C22H26ClFN4O4S/c23-19-13-18(8-9-20(19)24)33(31,32)27-17-6-4-15(5-7-17)22(30)26-10-2-12-28-11-1-3-16(14-28)21(25)29/h4-9,13,16,27H,1-3,10-12,14H2,(H2,25,29)(H,26,30). The number of hydrogen-bond acceptors (Lipinski definition) is 5. The number of halogens is 2. The number of carbonyl (C=O) groups excluding carboxylic acids is 2. The first-order chi connectivity index (χ1) is 15.7. The fourth-order valence-electron chi connectivity index (χ4n) is 3.65. The van der Waals surface area contributed by atoms with Crippen molar-refractivity contribution in [3.8, 4) is 0 Å². The molecule has 1 unspecified atom stereocenters. The molecule has 1 heterocycles. The topological polar surface area (TPSA) is 122 Å². The van der Waals surface area contributed by atoms with Crippen molar-refractivity contribution in [1.29, 1.82) is 0 Å². The fraction of sp³-hybridized carbons (Fsp3) is 0.364. The molecule has 4 N–H and O–H groups in total. The maximum absolute atomic E-state index is 13.3.